The largest absolute Gasteiger partial charge is 0.508 e. The minimum absolute atomic E-state index is 0.0438. The molecule has 1 heterocycles. The van der Waals surface area contributed by atoms with E-state index < -0.39 is 0 Å². The Balaban J connectivity index is 1.96. The van der Waals surface area contributed by atoms with Gasteiger partial charge in [-0.05, 0) is 60.3 Å². The Morgan fingerprint density at radius 2 is 2.05 bits per heavy atom. The molecule has 0 radical (unpaired) electrons. The summed E-state index contributed by atoms with van der Waals surface area (Å²) in [7, 11) is 1.82. The zero-order chi connectivity index (χ0) is 16.3. The number of amides is 1. The van der Waals surface area contributed by atoms with Crippen molar-refractivity contribution in [2.75, 3.05) is 7.05 Å². The molecule has 1 unspecified atom stereocenters. The van der Waals surface area contributed by atoms with E-state index in [1.807, 2.05) is 33.0 Å². The minimum atomic E-state index is -0.0438. The fourth-order valence-corrected chi connectivity index (χ4v) is 3.69. The van der Waals surface area contributed by atoms with Crippen molar-refractivity contribution in [3.05, 3.63) is 44.3 Å². The number of nitrogens with zero attached hydrogens (tertiary/aromatic N) is 2. The van der Waals surface area contributed by atoms with Crippen molar-refractivity contribution >= 4 is 33.2 Å². The van der Waals surface area contributed by atoms with Crippen LogP contribution in [0.15, 0.2) is 28.2 Å². The molecule has 6 heteroatoms. The number of phenols is 1. The van der Waals surface area contributed by atoms with Gasteiger partial charge >= 0.3 is 0 Å². The van der Waals surface area contributed by atoms with Crippen molar-refractivity contribution in [3.63, 3.8) is 0 Å². The maximum Gasteiger partial charge on any atom is 0.273 e. The topological polar surface area (TPSA) is 53.4 Å². The van der Waals surface area contributed by atoms with Gasteiger partial charge in [-0.15, -0.1) is 11.3 Å². The lowest BCUT2D eigenvalue weighted by molar-refractivity contribution is 0.0731. The van der Waals surface area contributed by atoms with Gasteiger partial charge in [0.2, 0.25) is 0 Å². The molecule has 0 spiro atoms. The smallest absolute Gasteiger partial charge is 0.273 e. The number of hydrogen-bond acceptors (Lipinski definition) is 4. The molecule has 0 aliphatic carbocycles. The normalized spacial score (nSPS) is 12.2. The van der Waals surface area contributed by atoms with E-state index in [0.717, 1.165) is 27.2 Å². The number of rotatable bonds is 5. The first-order valence-electron chi connectivity index (χ1n) is 7.06. The molecule has 2 aromatic rings. The van der Waals surface area contributed by atoms with Crippen LogP contribution in [0.1, 0.15) is 34.3 Å². The van der Waals surface area contributed by atoms with Crippen molar-refractivity contribution in [2.24, 2.45) is 0 Å². The molecule has 118 valence electrons. The van der Waals surface area contributed by atoms with Crippen LogP contribution >= 0.6 is 27.3 Å². The molecule has 1 N–H and O–H groups in total. The van der Waals surface area contributed by atoms with Gasteiger partial charge in [-0.1, -0.05) is 12.1 Å². The highest BCUT2D eigenvalue weighted by Gasteiger charge is 2.22. The quantitative estimate of drug-likeness (QED) is 0.849. The lowest BCUT2D eigenvalue weighted by Gasteiger charge is -2.24. The number of aromatic hydroxyl groups is 1. The number of hydrogen-bond donors (Lipinski definition) is 1. The summed E-state index contributed by atoms with van der Waals surface area (Å²) in [4.78, 5) is 19.4. The summed E-state index contributed by atoms with van der Waals surface area (Å²) in [5, 5.41) is 9.29. The van der Waals surface area contributed by atoms with E-state index in [4.69, 9.17) is 0 Å². The van der Waals surface area contributed by atoms with Gasteiger partial charge < -0.3 is 10.0 Å². The van der Waals surface area contributed by atoms with E-state index in [-0.39, 0.29) is 17.7 Å². The molecule has 0 aliphatic rings. The molecule has 2 rings (SSSR count). The first-order chi connectivity index (χ1) is 10.4. The Morgan fingerprint density at radius 1 is 1.41 bits per heavy atom. The Labute approximate surface area is 142 Å². The maximum absolute atomic E-state index is 12.5. The van der Waals surface area contributed by atoms with Crippen LogP contribution in [0.3, 0.4) is 0 Å². The van der Waals surface area contributed by atoms with E-state index in [9.17, 15) is 9.90 Å². The van der Waals surface area contributed by atoms with Crippen LogP contribution in [0.5, 0.6) is 5.75 Å². The number of phenolic OH excluding ortho intramolecular Hbond substituents is 1. The second-order valence-electron chi connectivity index (χ2n) is 5.34. The third-order valence-corrected chi connectivity index (χ3v) is 5.16. The molecular weight excluding hydrogens is 364 g/mol. The number of thiazole rings is 1. The molecular formula is C16H19BrN2O2S. The fourth-order valence-electron chi connectivity index (χ4n) is 2.16. The summed E-state index contributed by atoms with van der Waals surface area (Å²) in [6.45, 7) is 3.94. The van der Waals surface area contributed by atoms with Gasteiger partial charge in [0.1, 0.15) is 11.4 Å². The molecule has 0 fully saturated rings. The molecule has 1 aromatic carbocycles. The summed E-state index contributed by atoms with van der Waals surface area (Å²) >= 11 is 4.79. The second-order valence-corrected chi connectivity index (χ2v) is 7.82. The Morgan fingerprint density at radius 3 is 2.59 bits per heavy atom. The van der Waals surface area contributed by atoms with Gasteiger partial charge in [0.25, 0.3) is 5.91 Å². The average Bonchev–Trinajstić information content (AvgIpc) is 2.83. The van der Waals surface area contributed by atoms with Crippen LogP contribution in [0.2, 0.25) is 0 Å². The van der Waals surface area contributed by atoms with Gasteiger partial charge in [0.15, 0.2) is 3.92 Å². The molecule has 22 heavy (non-hydrogen) atoms. The van der Waals surface area contributed by atoms with Crippen molar-refractivity contribution in [3.8, 4) is 5.75 Å². The van der Waals surface area contributed by atoms with Gasteiger partial charge in [0.05, 0.1) is 0 Å². The van der Waals surface area contributed by atoms with Crippen molar-refractivity contribution < 1.29 is 9.90 Å². The predicted octanol–water partition coefficient (Wildman–Crippen LogP) is 4.01. The van der Waals surface area contributed by atoms with Crippen LogP contribution < -0.4 is 0 Å². The third-order valence-electron chi connectivity index (χ3n) is 3.74. The summed E-state index contributed by atoms with van der Waals surface area (Å²) in [5.74, 6) is 0.228. The predicted molar refractivity (Wildman–Crippen MR) is 92.5 cm³/mol. The van der Waals surface area contributed by atoms with Crippen LogP contribution in [0.25, 0.3) is 0 Å². The van der Waals surface area contributed by atoms with Crippen molar-refractivity contribution in [1.82, 2.24) is 9.88 Å². The molecule has 0 bridgehead atoms. The highest BCUT2D eigenvalue weighted by molar-refractivity contribution is 9.11. The molecule has 4 nitrogen and oxygen atoms in total. The SMILES string of the molecule is Cc1sc(Br)nc1C(=O)N(C)C(C)CCc1ccc(O)cc1. The summed E-state index contributed by atoms with van der Waals surface area (Å²) < 4.78 is 0.735. The second kappa shape index (κ2) is 7.24. The van der Waals surface area contributed by atoms with E-state index in [1.54, 1.807) is 17.0 Å². The van der Waals surface area contributed by atoms with E-state index >= 15 is 0 Å². The monoisotopic (exact) mass is 382 g/mol. The third kappa shape index (κ3) is 4.08. The number of carbonyl (C=O) groups is 1. The molecule has 1 aromatic heterocycles. The van der Waals surface area contributed by atoms with Crippen LogP contribution in [0.4, 0.5) is 0 Å². The number of aryl methyl sites for hydroxylation is 2. The number of halogens is 1. The molecule has 0 saturated carbocycles. The van der Waals surface area contributed by atoms with Crippen LogP contribution in [-0.2, 0) is 6.42 Å². The number of benzene rings is 1. The molecule has 0 aliphatic heterocycles. The standard InChI is InChI=1S/C16H19BrN2O2S/c1-10(4-5-12-6-8-13(20)9-7-12)19(3)15(21)14-11(2)22-16(17)18-14/h6-10,20H,4-5H2,1-3H3. The lowest BCUT2D eigenvalue weighted by Crippen LogP contribution is -2.35. The maximum atomic E-state index is 12.5. The molecule has 1 atom stereocenters. The van der Waals surface area contributed by atoms with Gasteiger partial charge in [-0.25, -0.2) is 4.98 Å². The van der Waals surface area contributed by atoms with Gasteiger partial charge in [0, 0.05) is 18.0 Å². The first-order valence-corrected chi connectivity index (χ1v) is 8.67. The zero-order valence-corrected chi connectivity index (χ0v) is 15.2. The number of aromatic nitrogens is 1. The average molecular weight is 383 g/mol. The van der Waals surface area contributed by atoms with E-state index in [2.05, 4.69) is 20.9 Å². The molecule has 0 saturated heterocycles. The Bertz CT molecular complexity index is 655. The van der Waals surface area contributed by atoms with Gasteiger partial charge in [-0.2, -0.15) is 0 Å². The highest BCUT2D eigenvalue weighted by atomic mass is 79.9. The summed E-state index contributed by atoms with van der Waals surface area (Å²) in [6, 6.07) is 7.30. The highest BCUT2D eigenvalue weighted by Crippen LogP contribution is 2.24. The summed E-state index contributed by atoms with van der Waals surface area (Å²) in [6.07, 6.45) is 1.72. The van der Waals surface area contributed by atoms with Crippen LogP contribution in [-0.4, -0.2) is 34.0 Å². The first kappa shape index (κ1) is 17.0. The fraction of sp³-hybridized carbons (Fsp3) is 0.375. The van der Waals surface area contributed by atoms with E-state index in [1.165, 1.54) is 11.3 Å². The number of carbonyl (C=O) groups excluding carboxylic acids is 1. The molecule has 1 amide bonds. The van der Waals surface area contributed by atoms with Crippen molar-refractivity contribution in [2.45, 2.75) is 32.7 Å². The van der Waals surface area contributed by atoms with E-state index in [0.29, 0.717) is 5.69 Å². The van der Waals surface area contributed by atoms with Crippen LogP contribution in [0, 0.1) is 6.92 Å². The zero-order valence-electron chi connectivity index (χ0n) is 12.8. The summed E-state index contributed by atoms with van der Waals surface area (Å²) in [5.41, 5.74) is 1.67. The lowest BCUT2D eigenvalue weighted by atomic mass is 10.1. The Kier molecular flexibility index (Phi) is 5.58. The van der Waals surface area contributed by atoms with Crippen molar-refractivity contribution in [1.29, 1.82) is 0 Å². The Hall–Kier alpha value is -1.40. The van der Waals surface area contributed by atoms with Gasteiger partial charge in [-0.3, -0.25) is 4.79 Å². The minimum Gasteiger partial charge on any atom is -0.508 e.